The fraction of sp³-hybridized carbons (Fsp3) is 0.929. The number of carbonyl (C=O) groups excluding carboxylic acids is 1. The molecule has 0 aromatic heterocycles. The highest BCUT2D eigenvalue weighted by Gasteiger charge is 2.48. The lowest BCUT2D eigenvalue weighted by molar-refractivity contribution is -0.198. The molecule has 0 aromatic carbocycles. The van der Waals surface area contributed by atoms with Crippen LogP contribution in [0.4, 0.5) is 13.2 Å². The van der Waals surface area contributed by atoms with Crippen LogP contribution in [0.25, 0.3) is 0 Å². The minimum absolute atomic E-state index is 0.0270. The van der Waals surface area contributed by atoms with Crippen molar-refractivity contribution < 1.29 is 18.0 Å². The van der Waals surface area contributed by atoms with E-state index in [9.17, 15) is 18.0 Å². The van der Waals surface area contributed by atoms with E-state index in [0.29, 0.717) is 25.8 Å². The molecule has 0 radical (unpaired) electrons. The third kappa shape index (κ3) is 4.11. The molecule has 1 saturated carbocycles. The van der Waals surface area contributed by atoms with Crippen LogP contribution in [0.3, 0.4) is 0 Å². The zero-order chi connectivity index (χ0) is 14.6. The predicted octanol–water partition coefficient (Wildman–Crippen LogP) is 2.61. The molecule has 116 valence electrons. The fourth-order valence-corrected chi connectivity index (χ4v) is 3.29. The van der Waals surface area contributed by atoms with E-state index in [0.717, 1.165) is 25.8 Å². The van der Waals surface area contributed by atoms with Gasteiger partial charge in [0.25, 0.3) is 0 Å². The molecule has 0 spiro atoms. The van der Waals surface area contributed by atoms with Gasteiger partial charge >= 0.3 is 6.18 Å². The van der Waals surface area contributed by atoms with E-state index in [2.05, 4.69) is 10.6 Å². The van der Waals surface area contributed by atoms with Gasteiger partial charge in [0.05, 0.1) is 5.92 Å². The van der Waals surface area contributed by atoms with Crippen molar-refractivity contribution in [3.8, 4) is 0 Å². The first-order valence-corrected chi connectivity index (χ1v) is 7.56. The van der Waals surface area contributed by atoms with Gasteiger partial charge in [-0.15, -0.1) is 0 Å². The topological polar surface area (TPSA) is 41.1 Å². The Morgan fingerprint density at radius 2 is 1.75 bits per heavy atom. The summed E-state index contributed by atoms with van der Waals surface area (Å²) in [5.41, 5.74) is 0. The van der Waals surface area contributed by atoms with E-state index in [-0.39, 0.29) is 12.5 Å². The third-order valence-corrected chi connectivity index (χ3v) is 4.42. The van der Waals surface area contributed by atoms with Crippen LogP contribution < -0.4 is 10.6 Å². The molecule has 2 rings (SSSR count). The van der Waals surface area contributed by atoms with Crippen molar-refractivity contribution in [2.45, 2.75) is 57.2 Å². The average Bonchev–Trinajstić information content (AvgIpc) is 2.66. The van der Waals surface area contributed by atoms with Gasteiger partial charge in [0.15, 0.2) is 0 Å². The first-order valence-electron chi connectivity index (χ1n) is 7.56. The number of halogens is 3. The van der Waals surface area contributed by atoms with Gasteiger partial charge in [-0.2, -0.15) is 13.2 Å². The lowest BCUT2D eigenvalue weighted by Gasteiger charge is -2.33. The number of rotatable bonds is 2. The summed E-state index contributed by atoms with van der Waals surface area (Å²) in [6, 6.07) is -0.0270. The summed E-state index contributed by atoms with van der Waals surface area (Å²) in [4.78, 5) is 12.2. The molecule has 0 aromatic rings. The van der Waals surface area contributed by atoms with Crippen LogP contribution >= 0.6 is 0 Å². The Kier molecular flexibility index (Phi) is 5.29. The van der Waals surface area contributed by atoms with Crippen LogP contribution in [0.15, 0.2) is 0 Å². The van der Waals surface area contributed by atoms with Gasteiger partial charge in [0, 0.05) is 18.5 Å². The minimum Gasteiger partial charge on any atom is -0.352 e. The molecule has 20 heavy (non-hydrogen) atoms. The van der Waals surface area contributed by atoms with Crippen molar-refractivity contribution in [3.63, 3.8) is 0 Å². The maximum Gasteiger partial charge on any atom is 0.392 e. The molecule has 1 saturated heterocycles. The lowest BCUT2D eigenvalue weighted by Crippen LogP contribution is -2.48. The van der Waals surface area contributed by atoms with Crippen LogP contribution in [0.5, 0.6) is 0 Å². The Hall–Kier alpha value is -0.780. The number of carbonyl (C=O) groups is 1. The molecule has 1 aliphatic carbocycles. The molecule has 2 aliphatic rings. The summed E-state index contributed by atoms with van der Waals surface area (Å²) in [5, 5.41) is 6.04. The molecular weight excluding hydrogens is 269 g/mol. The Labute approximate surface area is 117 Å². The second-order valence-electron chi connectivity index (χ2n) is 5.94. The SMILES string of the molecule is O=C(NC1CCCCNC1)C1CCCCC1C(F)(F)F. The average molecular weight is 292 g/mol. The predicted molar refractivity (Wildman–Crippen MR) is 70.2 cm³/mol. The first kappa shape index (κ1) is 15.6. The second-order valence-corrected chi connectivity index (χ2v) is 5.94. The zero-order valence-electron chi connectivity index (χ0n) is 11.6. The van der Waals surface area contributed by atoms with Crippen molar-refractivity contribution in [2.75, 3.05) is 13.1 Å². The van der Waals surface area contributed by atoms with E-state index in [1.807, 2.05) is 0 Å². The fourth-order valence-electron chi connectivity index (χ4n) is 3.29. The summed E-state index contributed by atoms with van der Waals surface area (Å²) >= 11 is 0. The summed E-state index contributed by atoms with van der Waals surface area (Å²) in [6.45, 7) is 1.58. The van der Waals surface area contributed by atoms with E-state index in [1.165, 1.54) is 0 Å². The van der Waals surface area contributed by atoms with E-state index in [4.69, 9.17) is 0 Å². The summed E-state index contributed by atoms with van der Waals surface area (Å²) in [6.07, 6.45) is 0.381. The largest absolute Gasteiger partial charge is 0.392 e. The molecular formula is C14H23F3N2O. The van der Waals surface area contributed by atoms with Crippen LogP contribution in [0.1, 0.15) is 44.9 Å². The van der Waals surface area contributed by atoms with Gasteiger partial charge in [0.1, 0.15) is 0 Å². The van der Waals surface area contributed by atoms with E-state index in [1.54, 1.807) is 0 Å². The molecule has 2 N–H and O–H groups in total. The van der Waals surface area contributed by atoms with Crippen LogP contribution in [-0.4, -0.2) is 31.2 Å². The highest BCUT2D eigenvalue weighted by Crippen LogP contribution is 2.41. The number of amides is 1. The summed E-state index contributed by atoms with van der Waals surface area (Å²) in [7, 11) is 0. The van der Waals surface area contributed by atoms with Crippen molar-refractivity contribution in [1.29, 1.82) is 0 Å². The number of hydrogen-bond acceptors (Lipinski definition) is 2. The van der Waals surface area contributed by atoms with Gasteiger partial charge < -0.3 is 10.6 Å². The third-order valence-electron chi connectivity index (χ3n) is 4.42. The highest BCUT2D eigenvalue weighted by molar-refractivity contribution is 5.79. The standard InChI is InChI=1S/C14H23F3N2O/c15-14(16,17)12-7-2-1-6-11(12)13(20)19-10-5-3-4-8-18-9-10/h10-12,18H,1-9H2,(H,19,20). The van der Waals surface area contributed by atoms with Crippen LogP contribution in [0, 0.1) is 11.8 Å². The minimum atomic E-state index is -4.26. The molecule has 6 heteroatoms. The Bertz CT molecular complexity index is 325. The summed E-state index contributed by atoms with van der Waals surface area (Å²) in [5.74, 6) is -2.76. The van der Waals surface area contributed by atoms with Gasteiger partial charge in [-0.3, -0.25) is 4.79 Å². The molecule has 1 aliphatic heterocycles. The normalized spacial score (nSPS) is 32.5. The van der Waals surface area contributed by atoms with Crippen LogP contribution in [0.2, 0.25) is 0 Å². The molecule has 1 amide bonds. The Balaban J connectivity index is 1.95. The van der Waals surface area contributed by atoms with Gasteiger partial charge in [-0.05, 0) is 32.2 Å². The molecule has 1 heterocycles. The van der Waals surface area contributed by atoms with Gasteiger partial charge in [0.2, 0.25) is 5.91 Å². The van der Waals surface area contributed by atoms with Crippen molar-refractivity contribution in [3.05, 3.63) is 0 Å². The number of alkyl halides is 3. The van der Waals surface area contributed by atoms with E-state index >= 15 is 0 Å². The maximum absolute atomic E-state index is 13.0. The molecule has 2 fully saturated rings. The molecule has 0 bridgehead atoms. The second kappa shape index (κ2) is 6.78. The van der Waals surface area contributed by atoms with E-state index < -0.39 is 23.9 Å². The smallest absolute Gasteiger partial charge is 0.352 e. The zero-order valence-corrected chi connectivity index (χ0v) is 11.6. The maximum atomic E-state index is 13.0. The lowest BCUT2D eigenvalue weighted by atomic mass is 9.78. The Morgan fingerprint density at radius 1 is 1.05 bits per heavy atom. The molecule has 3 unspecified atom stereocenters. The number of nitrogens with one attached hydrogen (secondary N) is 2. The first-order chi connectivity index (χ1) is 9.48. The molecule has 3 atom stereocenters. The highest BCUT2D eigenvalue weighted by atomic mass is 19.4. The quantitative estimate of drug-likeness (QED) is 0.821. The van der Waals surface area contributed by atoms with Crippen LogP contribution in [-0.2, 0) is 4.79 Å². The van der Waals surface area contributed by atoms with Crippen molar-refractivity contribution >= 4 is 5.91 Å². The molecule has 3 nitrogen and oxygen atoms in total. The van der Waals surface area contributed by atoms with Gasteiger partial charge in [-0.1, -0.05) is 19.3 Å². The van der Waals surface area contributed by atoms with Gasteiger partial charge in [-0.25, -0.2) is 0 Å². The number of hydrogen-bond donors (Lipinski definition) is 2. The monoisotopic (exact) mass is 292 g/mol. The van der Waals surface area contributed by atoms with Crippen molar-refractivity contribution in [1.82, 2.24) is 10.6 Å². The van der Waals surface area contributed by atoms with Crippen molar-refractivity contribution in [2.24, 2.45) is 11.8 Å². The summed E-state index contributed by atoms with van der Waals surface area (Å²) < 4.78 is 39.0. The Morgan fingerprint density at radius 3 is 2.50 bits per heavy atom.